The van der Waals surface area contributed by atoms with Crippen LogP contribution in [0.3, 0.4) is 0 Å². The number of hydrogen-bond acceptors (Lipinski definition) is 6. The molecule has 1 fully saturated rings. The summed E-state index contributed by atoms with van der Waals surface area (Å²) in [5, 5.41) is 25.6. The van der Waals surface area contributed by atoms with Gasteiger partial charge < -0.3 is 20.5 Å². The van der Waals surface area contributed by atoms with E-state index in [-0.39, 0.29) is 24.6 Å². The van der Waals surface area contributed by atoms with Crippen molar-refractivity contribution in [1.82, 2.24) is 5.32 Å². The molecule has 1 aliphatic rings. The van der Waals surface area contributed by atoms with Gasteiger partial charge in [0, 0.05) is 31.6 Å². The summed E-state index contributed by atoms with van der Waals surface area (Å²) in [6.45, 7) is 1.08. The van der Waals surface area contributed by atoms with E-state index in [9.17, 15) is 24.8 Å². The van der Waals surface area contributed by atoms with Crippen molar-refractivity contribution in [3.63, 3.8) is 0 Å². The minimum absolute atomic E-state index is 0.00338. The van der Waals surface area contributed by atoms with Crippen LogP contribution in [0.15, 0.2) is 24.3 Å². The quantitative estimate of drug-likeness (QED) is 0.476. The van der Waals surface area contributed by atoms with Crippen LogP contribution in [0.5, 0.6) is 0 Å². The summed E-state index contributed by atoms with van der Waals surface area (Å²) in [5.74, 6) is -1.77. The number of anilines is 1. The number of hydrogen-bond donors (Lipinski definition) is 3. The summed E-state index contributed by atoms with van der Waals surface area (Å²) in [4.78, 5) is 33.8. The molecule has 0 spiro atoms. The highest BCUT2D eigenvalue weighted by Crippen LogP contribution is 2.23. The van der Waals surface area contributed by atoms with Crippen LogP contribution in [-0.4, -0.2) is 47.7 Å². The molecule has 0 aromatic heterocycles. The van der Waals surface area contributed by atoms with Gasteiger partial charge in [-0.15, -0.1) is 0 Å². The second kappa shape index (κ2) is 8.97. The largest absolute Gasteiger partial charge is 0.480 e. The van der Waals surface area contributed by atoms with Crippen molar-refractivity contribution in [2.45, 2.75) is 25.3 Å². The van der Waals surface area contributed by atoms with Crippen LogP contribution in [0.4, 0.5) is 11.4 Å². The number of carboxylic acid groups (broad SMARTS) is 1. The average Bonchev–Trinajstić information content (AvgIpc) is 2.60. The number of nitrogens with one attached hydrogen (secondary N) is 2. The number of nitro groups is 1. The molecule has 25 heavy (non-hydrogen) atoms. The van der Waals surface area contributed by atoms with Crippen molar-refractivity contribution >= 4 is 23.3 Å². The number of benzene rings is 1. The van der Waals surface area contributed by atoms with E-state index in [4.69, 9.17) is 4.74 Å². The number of carbonyl (C=O) groups excluding carboxylic acids is 1. The Morgan fingerprint density at radius 1 is 1.40 bits per heavy atom. The second-order valence-corrected chi connectivity index (χ2v) is 5.81. The molecule has 0 saturated carbocycles. The average molecular weight is 351 g/mol. The molecule has 0 aliphatic carbocycles. The van der Waals surface area contributed by atoms with Crippen molar-refractivity contribution in [3.05, 3.63) is 34.4 Å². The van der Waals surface area contributed by atoms with Crippen molar-refractivity contribution in [2.75, 3.05) is 25.1 Å². The molecule has 1 aromatic carbocycles. The standard InChI is InChI=1S/C16H21N3O6/c20-14(18-15(16(21)22)11-4-3-9-25-10-11)7-8-17-12-5-1-2-6-13(12)19(23)24/h1-2,5-6,11,15,17H,3-4,7-10H2,(H,18,20)(H,21,22). The number of carboxylic acids is 1. The number of aliphatic carboxylic acids is 1. The number of carbonyl (C=O) groups is 2. The Morgan fingerprint density at radius 3 is 2.80 bits per heavy atom. The zero-order valence-corrected chi connectivity index (χ0v) is 13.6. The van der Waals surface area contributed by atoms with Crippen LogP contribution in [0.1, 0.15) is 19.3 Å². The maximum absolute atomic E-state index is 12.0. The third-order valence-electron chi connectivity index (χ3n) is 4.02. The molecule has 9 heteroatoms. The predicted molar refractivity (Wildman–Crippen MR) is 89.3 cm³/mol. The molecule has 9 nitrogen and oxygen atoms in total. The molecule has 1 aliphatic heterocycles. The number of amides is 1. The Balaban J connectivity index is 1.85. The van der Waals surface area contributed by atoms with Crippen molar-refractivity contribution in [1.29, 1.82) is 0 Å². The van der Waals surface area contributed by atoms with E-state index in [0.717, 1.165) is 6.42 Å². The van der Waals surface area contributed by atoms with E-state index in [0.29, 0.717) is 25.3 Å². The minimum atomic E-state index is -1.09. The van der Waals surface area contributed by atoms with Gasteiger partial charge in [-0.05, 0) is 18.9 Å². The van der Waals surface area contributed by atoms with Crippen molar-refractivity contribution < 1.29 is 24.4 Å². The summed E-state index contributed by atoms with van der Waals surface area (Å²) in [6, 6.07) is 5.14. The zero-order valence-electron chi connectivity index (χ0n) is 13.6. The third kappa shape index (κ3) is 5.42. The van der Waals surface area contributed by atoms with Crippen LogP contribution >= 0.6 is 0 Å². The first kappa shape index (κ1) is 18.7. The van der Waals surface area contributed by atoms with Gasteiger partial charge in [-0.25, -0.2) is 4.79 Å². The van der Waals surface area contributed by atoms with Gasteiger partial charge in [-0.3, -0.25) is 14.9 Å². The molecular formula is C16H21N3O6. The Bertz CT molecular complexity index is 630. The summed E-state index contributed by atoms with van der Waals surface area (Å²) in [7, 11) is 0. The number of ether oxygens (including phenoxy) is 1. The molecule has 2 unspecified atom stereocenters. The normalized spacial score (nSPS) is 18.2. The Morgan fingerprint density at radius 2 is 2.16 bits per heavy atom. The lowest BCUT2D eigenvalue weighted by atomic mass is 9.93. The Labute approximate surface area is 144 Å². The van der Waals surface area contributed by atoms with E-state index in [1.165, 1.54) is 6.07 Å². The highest BCUT2D eigenvalue weighted by Gasteiger charge is 2.31. The topological polar surface area (TPSA) is 131 Å². The SMILES string of the molecule is O=C(CCNc1ccccc1[N+](=O)[O-])NC(C(=O)O)C1CCCOC1. The van der Waals surface area contributed by atoms with Gasteiger partial charge in [-0.2, -0.15) is 0 Å². The van der Waals surface area contributed by atoms with Crippen LogP contribution in [-0.2, 0) is 14.3 Å². The van der Waals surface area contributed by atoms with Gasteiger partial charge in [0.25, 0.3) is 5.69 Å². The fraction of sp³-hybridized carbons (Fsp3) is 0.500. The van der Waals surface area contributed by atoms with Crippen molar-refractivity contribution in [2.24, 2.45) is 5.92 Å². The van der Waals surface area contributed by atoms with E-state index >= 15 is 0 Å². The first-order valence-corrected chi connectivity index (χ1v) is 8.06. The lowest BCUT2D eigenvalue weighted by molar-refractivity contribution is -0.384. The summed E-state index contributed by atoms with van der Waals surface area (Å²) in [6.07, 6.45) is 1.46. The summed E-state index contributed by atoms with van der Waals surface area (Å²) < 4.78 is 5.28. The van der Waals surface area contributed by atoms with Gasteiger partial charge in [0.2, 0.25) is 5.91 Å². The monoisotopic (exact) mass is 351 g/mol. The maximum Gasteiger partial charge on any atom is 0.326 e. The fourth-order valence-electron chi connectivity index (χ4n) is 2.75. The van der Waals surface area contributed by atoms with E-state index in [1.54, 1.807) is 18.2 Å². The third-order valence-corrected chi connectivity index (χ3v) is 4.02. The summed E-state index contributed by atoms with van der Waals surface area (Å²) >= 11 is 0. The minimum Gasteiger partial charge on any atom is -0.480 e. The van der Waals surface area contributed by atoms with Gasteiger partial charge in [0.1, 0.15) is 11.7 Å². The highest BCUT2D eigenvalue weighted by atomic mass is 16.6. The molecule has 2 atom stereocenters. The van der Waals surface area contributed by atoms with E-state index < -0.39 is 22.8 Å². The lowest BCUT2D eigenvalue weighted by Gasteiger charge is -2.28. The number of rotatable bonds is 8. The smallest absolute Gasteiger partial charge is 0.326 e. The maximum atomic E-state index is 12.0. The molecule has 1 amide bonds. The predicted octanol–water partition coefficient (Wildman–Crippen LogP) is 1.39. The van der Waals surface area contributed by atoms with Crippen LogP contribution in [0.25, 0.3) is 0 Å². The fourth-order valence-corrected chi connectivity index (χ4v) is 2.75. The number of nitro benzene ring substituents is 1. The van der Waals surface area contributed by atoms with Crippen LogP contribution in [0.2, 0.25) is 0 Å². The highest BCUT2D eigenvalue weighted by molar-refractivity contribution is 5.84. The zero-order chi connectivity index (χ0) is 18.2. The van der Waals surface area contributed by atoms with Gasteiger partial charge in [-0.1, -0.05) is 12.1 Å². The van der Waals surface area contributed by atoms with Crippen molar-refractivity contribution in [3.8, 4) is 0 Å². The molecule has 3 N–H and O–H groups in total. The first-order chi connectivity index (χ1) is 12.0. The molecular weight excluding hydrogens is 330 g/mol. The second-order valence-electron chi connectivity index (χ2n) is 5.81. The molecule has 0 bridgehead atoms. The molecule has 136 valence electrons. The van der Waals surface area contributed by atoms with Gasteiger partial charge >= 0.3 is 5.97 Å². The Kier molecular flexibility index (Phi) is 6.70. The van der Waals surface area contributed by atoms with E-state index in [2.05, 4.69) is 10.6 Å². The van der Waals surface area contributed by atoms with E-state index in [1.807, 2.05) is 0 Å². The number of nitrogens with zero attached hydrogens (tertiary/aromatic N) is 1. The summed E-state index contributed by atoms with van der Waals surface area (Å²) in [5.41, 5.74) is 0.237. The number of para-hydroxylation sites is 2. The first-order valence-electron chi connectivity index (χ1n) is 8.06. The van der Waals surface area contributed by atoms with Gasteiger partial charge in [0.05, 0.1) is 11.5 Å². The van der Waals surface area contributed by atoms with Gasteiger partial charge in [0.15, 0.2) is 0 Å². The molecule has 1 aromatic rings. The lowest BCUT2D eigenvalue weighted by Crippen LogP contribution is -2.48. The molecule has 1 heterocycles. The van der Waals surface area contributed by atoms with Crippen LogP contribution < -0.4 is 10.6 Å². The molecule has 2 rings (SSSR count). The molecule has 1 saturated heterocycles. The Hall–Kier alpha value is -2.68. The molecule has 0 radical (unpaired) electrons. The van der Waals surface area contributed by atoms with Crippen LogP contribution in [0, 0.1) is 16.0 Å².